The first-order valence-electron chi connectivity index (χ1n) is 8.89. The minimum Gasteiger partial charge on any atom is -0.463 e. The maximum atomic E-state index is 12.7. The quantitative estimate of drug-likeness (QED) is 0.568. The number of ether oxygens (including phenoxy) is 2. The third-order valence-corrected chi connectivity index (χ3v) is 4.33. The second kappa shape index (κ2) is 8.22. The number of imidazole rings is 1. The van der Waals surface area contributed by atoms with Crippen molar-refractivity contribution in [3.05, 3.63) is 47.7 Å². The van der Waals surface area contributed by atoms with E-state index in [9.17, 15) is 9.59 Å². The fourth-order valence-corrected chi connectivity index (χ4v) is 3.19. The van der Waals surface area contributed by atoms with Gasteiger partial charge in [-0.05, 0) is 44.9 Å². The average Bonchev–Trinajstić information content (AvgIpc) is 3.16. The Morgan fingerprint density at radius 2 is 2.11 bits per heavy atom. The van der Waals surface area contributed by atoms with Gasteiger partial charge in [0.25, 0.3) is 0 Å². The normalized spacial score (nSPS) is 19.8. The van der Waals surface area contributed by atoms with Crippen molar-refractivity contribution in [1.29, 1.82) is 0 Å². The van der Waals surface area contributed by atoms with Gasteiger partial charge in [0.15, 0.2) is 11.6 Å². The molecule has 0 bridgehead atoms. The van der Waals surface area contributed by atoms with Crippen LogP contribution in [-0.2, 0) is 14.3 Å². The zero-order chi connectivity index (χ0) is 19.4. The summed E-state index contributed by atoms with van der Waals surface area (Å²) >= 11 is 0. The number of hydrogen-bond acceptors (Lipinski definition) is 7. The van der Waals surface area contributed by atoms with Crippen molar-refractivity contribution in [2.24, 2.45) is 0 Å². The van der Waals surface area contributed by atoms with Gasteiger partial charge in [-0.15, -0.1) is 10.2 Å². The third kappa shape index (κ3) is 4.28. The maximum absolute atomic E-state index is 12.7. The van der Waals surface area contributed by atoms with Crippen molar-refractivity contribution in [3.8, 4) is 5.82 Å². The molecule has 0 amide bonds. The summed E-state index contributed by atoms with van der Waals surface area (Å²) in [5, 5.41) is 8.09. The van der Waals surface area contributed by atoms with Gasteiger partial charge < -0.3 is 9.47 Å². The van der Waals surface area contributed by atoms with Gasteiger partial charge in [-0.1, -0.05) is 0 Å². The van der Waals surface area contributed by atoms with Crippen LogP contribution in [0.1, 0.15) is 44.1 Å². The summed E-state index contributed by atoms with van der Waals surface area (Å²) in [6, 6.07) is 3.33. The van der Waals surface area contributed by atoms with E-state index >= 15 is 0 Å². The van der Waals surface area contributed by atoms with E-state index in [0.717, 1.165) is 5.57 Å². The Morgan fingerprint density at radius 3 is 2.74 bits per heavy atom. The van der Waals surface area contributed by atoms with Crippen LogP contribution < -0.4 is 0 Å². The first kappa shape index (κ1) is 18.9. The Morgan fingerprint density at radius 1 is 1.30 bits per heavy atom. The molecule has 0 N–H and O–H groups in total. The van der Waals surface area contributed by atoms with Gasteiger partial charge in [-0.25, -0.2) is 9.78 Å². The Labute approximate surface area is 157 Å². The fourth-order valence-electron chi connectivity index (χ4n) is 3.19. The standard InChI is InChI=1S/C19H22N4O4/c1-4-26-19(25)18-13(3)27-12(2)9-14(18)10-16(24)15-5-6-17(22-21-15)23-8-7-20-11-23/h5-8,11-13H,4,9-10H2,1-3H3/t12-,13+/m1/s1. The van der Waals surface area contributed by atoms with Gasteiger partial charge in [0.1, 0.15) is 12.0 Å². The molecular formula is C19H22N4O4. The summed E-state index contributed by atoms with van der Waals surface area (Å²) in [6.45, 7) is 5.74. The molecule has 0 spiro atoms. The minimum atomic E-state index is -0.429. The molecular weight excluding hydrogens is 348 g/mol. The van der Waals surface area contributed by atoms with Crippen LogP contribution >= 0.6 is 0 Å². The van der Waals surface area contributed by atoms with Crippen molar-refractivity contribution < 1.29 is 19.1 Å². The highest BCUT2D eigenvalue weighted by atomic mass is 16.5. The number of ketones is 1. The fraction of sp³-hybridized carbons (Fsp3) is 0.421. The summed E-state index contributed by atoms with van der Waals surface area (Å²) in [7, 11) is 0. The van der Waals surface area contributed by atoms with Crippen LogP contribution in [-0.4, -0.2) is 50.3 Å². The number of carbonyl (C=O) groups excluding carboxylic acids is 2. The Bertz CT molecular complexity index is 843. The van der Waals surface area contributed by atoms with Crippen molar-refractivity contribution in [1.82, 2.24) is 19.7 Å². The molecule has 2 aromatic heterocycles. The maximum Gasteiger partial charge on any atom is 0.336 e. The van der Waals surface area contributed by atoms with Gasteiger partial charge in [0, 0.05) is 18.8 Å². The van der Waals surface area contributed by atoms with Crippen LogP contribution in [0.15, 0.2) is 42.0 Å². The van der Waals surface area contributed by atoms with E-state index in [1.165, 1.54) is 0 Å². The Balaban J connectivity index is 1.81. The molecule has 2 atom stereocenters. The molecule has 0 saturated heterocycles. The number of hydrogen-bond donors (Lipinski definition) is 0. The molecule has 27 heavy (non-hydrogen) atoms. The average molecular weight is 370 g/mol. The number of nitrogens with zero attached hydrogens (tertiary/aromatic N) is 4. The second-order valence-corrected chi connectivity index (χ2v) is 6.38. The van der Waals surface area contributed by atoms with E-state index in [1.807, 2.05) is 6.92 Å². The minimum absolute atomic E-state index is 0.0734. The lowest BCUT2D eigenvalue weighted by Gasteiger charge is -2.29. The van der Waals surface area contributed by atoms with Crippen LogP contribution in [0.4, 0.5) is 0 Å². The smallest absolute Gasteiger partial charge is 0.336 e. The molecule has 2 aromatic rings. The molecule has 0 saturated carbocycles. The molecule has 0 radical (unpaired) electrons. The lowest BCUT2D eigenvalue weighted by Crippen LogP contribution is -2.32. The highest BCUT2D eigenvalue weighted by molar-refractivity contribution is 5.98. The predicted octanol–water partition coefficient (Wildman–Crippen LogP) is 2.29. The molecule has 3 heterocycles. The Kier molecular flexibility index (Phi) is 5.75. The number of rotatable bonds is 6. The molecule has 0 aromatic carbocycles. The summed E-state index contributed by atoms with van der Waals surface area (Å²) in [5.41, 5.74) is 1.43. The van der Waals surface area contributed by atoms with Gasteiger partial charge in [-0.3, -0.25) is 9.36 Å². The predicted molar refractivity (Wildman–Crippen MR) is 96.4 cm³/mol. The highest BCUT2D eigenvalue weighted by Crippen LogP contribution is 2.29. The first-order chi connectivity index (χ1) is 13.0. The van der Waals surface area contributed by atoms with Crippen LogP contribution in [0.25, 0.3) is 5.82 Å². The second-order valence-electron chi connectivity index (χ2n) is 6.38. The van der Waals surface area contributed by atoms with Gasteiger partial charge >= 0.3 is 5.97 Å². The topological polar surface area (TPSA) is 96.2 Å². The molecule has 1 aliphatic rings. The van der Waals surface area contributed by atoms with Crippen LogP contribution in [0.2, 0.25) is 0 Å². The molecule has 1 aliphatic heterocycles. The zero-order valence-electron chi connectivity index (χ0n) is 15.6. The third-order valence-electron chi connectivity index (χ3n) is 4.33. The Hall–Kier alpha value is -2.87. The van der Waals surface area contributed by atoms with E-state index in [4.69, 9.17) is 9.47 Å². The summed E-state index contributed by atoms with van der Waals surface area (Å²) < 4.78 is 12.6. The van der Waals surface area contributed by atoms with E-state index in [1.54, 1.807) is 49.3 Å². The van der Waals surface area contributed by atoms with Crippen molar-refractivity contribution in [2.75, 3.05) is 6.61 Å². The molecule has 8 nitrogen and oxygen atoms in total. The van der Waals surface area contributed by atoms with Gasteiger partial charge in [0.05, 0.1) is 24.4 Å². The highest BCUT2D eigenvalue weighted by Gasteiger charge is 2.31. The van der Waals surface area contributed by atoms with E-state index in [0.29, 0.717) is 17.8 Å². The molecule has 0 fully saturated rings. The number of carbonyl (C=O) groups is 2. The largest absolute Gasteiger partial charge is 0.463 e. The van der Waals surface area contributed by atoms with Crippen LogP contribution in [0, 0.1) is 0 Å². The van der Waals surface area contributed by atoms with E-state index in [2.05, 4.69) is 15.2 Å². The number of aromatic nitrogens is 4. The summed E-state index contributed by atoms with van der Waals surface area (Å²) in [5.74, 6) is -0.0530. The molecule has 3 rings (SSSR count). The van der Waals surface area contributed by atoms with Gasteiger partial charge in [0.2, 0.25) is 0 Å². The first-order valence-corrected chi connectivity index (χ1v) is 8.89. The van der Waals surface area contributed by atoms with Crippen molar-refractivity contribution in [2.45, 2.75) is 45.8 Å². The lowest BCUT2D eigenvalue weighted by molar-refractivity contribution is -0.141. The number of Topliss-reactive ketones (excluding diaryl/α,β-unsaturated/α-hetero) is 1. The molecule has 8 heteroatoms. The summed E-state index contributed by atoms with van der Waals surface area (Å²) in [6.07, 6.45) is 5.09. The van der Waals surface area contributed by atoms with Crippen LogP contribution in [0.3, 0.4) is 0 Å². The SMILES string of the molecule is CCOC(=O)C1=C(CC(=O)c2ccc(-n3ccnc3)nn2)C[C@@H](C)O[C@H]1C. The van der Waals surface area contributed by atoms with Gasteiger partial charge in [-0.2, -0.15) is 0 Å². The zero-order valence-corrected chi connectivity index (χ0v) is 15.6. The van der Waals surface area contributed by atoms with Crippen molar-refractivity contribution in [3.63, 3.8) is 0 Å². The van der Waals surface area contributed by atoms with E-state index in [-0.39, 0.29) is 30.6 Å². The van der Waals surface area contributed by atoms with E-state index < -0.39 is 12.1 Å². The lowest BCUT2D eigenvalue weighted by atomic mass is 9.91. The monoisotopic (exact) mass is 370 g/mol. The molecule has 0 unspecified atom stereocenters. The van der Waals surface area contributed by atoms with Crippen molar-refractivity contribution >= 4 is 11.8 Å². The molecule has 0 aliphatic carbocycles. The number of esters is 1. The summed E-state index contributed by atoms with van der Waals surface area (Å²) in [4.78, 5) is 29.0. The van der Waals surface area contributed by atoms with Crippen LogP contribution in [0.5, 0.6) is 0 Å². The molecule has 142 valence electrons.